The van der Waals surface area contributed by atoms with Crippen molar-refractivity contribution in [2.45, 2.75) is 26.8 Å². The Kier molecular flexibility index (Phi) is 8.58. The molecule has 0 spiro atoms. The zero-order valence-electron chi connectivity index (χ0n) is 20.3. The highest BCUT2D eigenvalue weighted by Gasteiger charge is 2.24. The van der Waals surface area contributed by atoms with Crippen molar-refractivity contribution >= 4 is 67.8 Å². The highest BCUT2D eigenvalue weighted by atomic mass is 127. The molecule has 0 unspecified atom stereocenters. The van der Waals surface area contributed by atoms with Crippen LogP contribution in [0.1, 0.15) is 20.3 Å². The van der Waals surface area contributed by atoms with Crippen LogP contribution in [-0.4, -0.2) is 29.8 Å². The zero-order chi connectivity index (χ0) is 25.5. The third kappa shape index (κ3) is 5.70. The van der Waals surface area contributed by atoms with Gasteiger partial charge in [0.25, 0.3) is 0 Å². The molecule has 1 aromatic heterocycles. The van der Waals surface area contributed by atoms with Gasteiger partial charge in [0.2, 0.25) is 11.2 Å². The van der Waals surface area contributed by atoms with Crippen LogP contribution in [0.25, 0.3) is 32.9 Å². The summed E-state index contributed by atoms with van der Waals surface area (Å²) in [5.41, 5.74) is 4.45. The number of ether oxygens (including phenoxy) is 2. The summed E-state index contributed by atoms with van der Waals surface area (Å²) >= 11 is 2.39. The van der Waals surface area contributed by atoms with Crippen LogP contribution in [0.2, 0.25) is 0 Å². The summed E-state index contributed by atoms with van der Waals surface area (Å²) in [5.74, 6) is 0. The van der Waals surface area contributed by atoms with E-state index in [2.05, 4.69) is 49.9 Å². The monoisotopic (exact) mass is 598 g/mol. The number of aromatic nitrogens is 1. The standard InChI is InChI=1S/C28H28IN3O4/c1-3-35-27(33)30-20-11-13-22-23-14-12-21(31-28(34)36-4-2)18-25(23)32(16-8-15-29)26(24(22)17-20)19-9-6-5-7-10-19/h5-7,9-14,17-18H,3-4,8,15-16H2,1-2H3,(H,30,33)/p+1. The molecule has 0 atom stereocenters. The lowest BCUT2D eigenvalue weighted by Crippen LogP contribution is -2.38. The Morgan fingerprint density at radius 2 is 1.42 bits per heavy atom. The van der Waals surface area contributed by atoms with Crippen molar-refractivity contribution in [2.24, 2.45) is 0 Å². The first-order valence-electron chi connectivity index (χ1n) is 12.0. The molecule has 0 saturated carbocycles. The predicted octanol–water partition coefficient (Wildman–Crippen LogP) is 6.91. The van der Waals surface area contributed by atoms with Crippen LogP contribution in [-0.2, 0) is 16.0 Å². The summed E-state index contributed by atoms with van der Waals surface area (Å²) in [5, 5.41) is 8.78. The molecule has 0 aliphatic rings. The summed E-state index contributed by atoms with van der Waals surface area (Å²) in [6.45, 7) is 4.96. The van der Waals surface area contributed by atoms with Crippen LogP contribution in [0.4, 0.5) is 21.0 Å². The molecule has 8 heteroatoms. The van der Waals surface area contributed by atoms with E-state index in [4.69, 9.17) is 9.47 Å². The lowest BCUT2D eigenvalue weighted by molar-refractivity contribution is -0.659. The molecule has 2 N–H and O–H groups in total. The zero-order valence-corrected chi connectivity index (χ0v) is 22.5. The van der Waals surface area contributed by atoms with Crippen LogP contribution >= 0.6 is 22.6 Å². The third-order valence-corrected chi connectivity index (χ3v) is 6.49. The largest absolute Gasteiger partial charge is 0.450 e. The summed E-state index contributed by atoms with van der Waals surface area (Å²) in [6, 6.07) is 22.0. The smallest absolute Gasteiger partial charge is 0.411 e. The number of anilines is 2. The number of benzene rings is 3. The van der Waals surface area contributed by atoms with Crippen molar-refractivity contribution in [1.29, 1.82) is 0 Å². The molecule has 0 saturated heterocycles. The second kappa shape index (κ2) is 12.0. The van der Waals surface area contributed by atoms with Crippen LogP contribution in [0.3, 0.4) is 0 Å². The Morgan fingerprint density at radius 1 is 0.806 bits per heavy atom. The number of pyridine rings is 1. The molecule has 186 valence electrons. The van der Waals surface area contributed by atoms with Crippen LogP contribution in [0, 0.1) is 0 Å². The topological polar surface area (TPSA) is 80.5 Å². The molecule has 36 heavy (non-hydrogen) atoms. The summed E-state index contributed by atoms with van der Waals surface area (Å²) in [6.07, 6.45) is 0.0166. The summed E-state index contributed by atoms with van der Waals surface area (Å²) in [4.78, 5) is 24.2. The van der Waals surface area contributed by atoms with Crippen LogP contribution in [0.15, 0.2) is 66.7 Å². The van der Waals surface area contributed by atoms with Crippen molar-refractivity contribution in [3.8, 4) is 11.3 Å². The number of hydrogen-bond donors (Lipinski definition) is 2. The van der Waals surface area contributed by atoms with Crippen LogP contribution < -0.4 is 15.2 Å². The molecule has 2 amide bonds. The van der Waals surface area contributed by atoms with E-state index in [1.807, 2.05) is 54.6 Å². The number of rotatable bonds is 8. The minimum atomic E-state index is -0.480. The Morgan fingerprint density at radius 3 is 2.03 bits per heavy atom. The number of nitrogens with one attached hydrogen (secondary N) is 2. The average Bonchev–Trinajstić information content (AvgIpc) is 2.87. The first-order chi connectivity index (χ1) is 17.5. The SMILES string of the molecule is CCOC(=O)Nc1ccc2c(c1)c(-c1ccccc1)[n+](CCCI)c1cc(NC(=O)OCC)ccc21. The van der Waals surface area contributed by atoms with E-state index < -0.39 is 12.2 Å². The summed E-state index contributed by atoms with van der Waals surface area (Å²) < 4.78 is 13.5. The van der Waals surface area contributed by atoms with E-state index in [9.17, 15) is 9.59 Å². The van der Waals surface area contributed by atoms with E-state index in [0.29, 0.717) is 24.6 Å². The van der Waals surface area contributed by atoms with Gasteiger partial charge in [0.1, 0.15) is 6.54 Å². The maximum atomic E-state index is 12.1. The van der Waals surface area contributed by atoms with E-state index in [-0.39, 0.29) is 0 Å². The van der Waals surface area contributed by atoms with Crippen molar-refractivity contribution in [3.05, 3.63) is 66.7 Å². The fourth-order valence-corrected chi connectivity index (χ4v) is 4.65. The number of carbonyl (C=O) groups excluding carboxylic acids is 2. The van der Waals surface area contributed by atoms with E-state index in [1.165, 1.54) is 0 Å². The first-order valence-corrected chi connectivity index (χ1v) is 13.5. The molecule has 0 fully saturated rings. The second-order valence-electron chi connectivity index (χ2n) is 8.09. The van der Waals surface area contributed by atoms with Gasteiger partial charge < -0.3 is 9.47 Å². The Labute approximate surface area is 223 Å². The number of aryl methyl sites for hydroxylation is 1. The normalized spacial score (nSPS) is 10.9. The molecular weight excluding hydrogens is 569 g/mol. The van der Waals surface area contributed by atoms with Gasteiger partial charge in [0, 0.05) is 33.6 Å². The predicted molar refractivity (Wildman–Crippen MR) is 152 cm³/mol. The van der Waals surface area contributed by atoms with Gasteiger partial charge in [-0.25, -0.2) is 9.59 Å². The highest BCUT2D eigenvalue weighted by molar-refractivity contribution is 14.1. The quantitative estimate of drug-likeness (QED) is 0.100. The van der Waals surface area contributed by atoms with Crippen LogP contribution in [0.5, 0.6) is 0 Å². The molecular formula is C28H29IN3O4+. The van der Waals surface area contributed by atoms with Gasteiger partial charge in [-0.15, -0.1) is 0 Å². The number of amides is 2. The van der Waals surface area contributed by atoms with Gasteiger partial charge in [-0.2, -0.15) is 4.57 Å². The minimum absolute atomic E-state index is 0.303. The maximum absolute atomic E-state index is 12.1. The Hall–Kier alpha value is -3.40. The molecule has 7 nitrogen and oxygen atoms in total. The summed E-state index contributed by atoms with van der Waals surface area (Å²) in [7, 11) is 0. The van der Waals surface area contributed by atoms with Crippen molar-refractivity contribution < 1.29 is 23.6 Å². The number of fused-ring (bicyclic) bond motifs is 3. The van der Waals surface area contributed by atoms with E-state index in [0.717, 1.165) is 50.3 Å². The molecule has 1 heterocycles. The van der Waals surface area contributed by atoms with Crippen molar-refractivity contribution in [2.75, 3.05) is 28.3 Å². The molecule has 4 aromatic rings. The number of alkyl halides is 1. The number of hydrogen-bond acceptors (Lipinski definition) is 4. The van der Waals surface area contributed by atoms with E-state index >= 15 is 0 Å². The fourth-order valence-electron chi connectivity index (χ4n) is 4.31. The number of carbonyl (C=O) groups is 2. The molecule has 0 aliphatic heterocycles. The highest BCUT2D eigenvalue weighted by Crippen LogP contribution is 2.34. The first kappa shape index (κ1) is 25.7. The molecule has 0 bridgehead atoms. The molecule has 3 aromatic carbocycles. The van der Waals surface area contributed by atoms with Gasteiger partial charge in [0.15, 0.2) is 0 Å². The lowest BCUT2D eigenvalue weighted by Gasteiger charge is -2.14. The average molecular weight is 598 g/mol. The van der Waals surface area contributed by atoms with Crippen molar-refractivity contribution in [3.63, 3.8) is 0 Å². The van der Waals surface area contributed by atoms with Crippen molar-refractivity contribution in [1.82, 2.24) is 0 Å². The number of halogens is 1. The fraction of sp³-hybridized carbons (Fsp3) is 0.250. The van der Waals surface area contributed by atoms with Gasteiger partial charge in [-0.1, -0.05) is 46.9 Å². The molecule has 0 radical (unpaired) electrons. The van der Waals surface area contributed by atoms with E-state index in [1.54, 1.807) is 13.8 Å². The number of nitrogens with zero attached hydrogens (tertiary/aromatic N) is 1. The Bertz CT molecular complexity index is 1390. The maximum Gasteiger partial charge on any atom is 0.411 e. The lowest BCUT2D eigenvalue weighted by atomic mass is 9.98. The second-order valence-corrected chi connectivity index (χ2v) is 9.17. The van der Waals surface area contributed by atoms with Gasteiger partial charge in [-0.05, 0) is 50.2 Å². The minimum Gasteiger partial charge on any atom is -0.450 e. The van der Waals surface area contributed by atoms with Gasteiger partial charge in [-0.3, -0.25) is 10.6 Å². The third-order valence-electron chi connectivity index (χ3n) is 5.73. The molecule has 0 aliphatic carbocycles. The van der Waals surface area contributed by atoms with Gasteiger partial charge in [0.05, 0.1) is 29.7 Å². The van der Waals surface area contributed by atoms with Gasteiger partial charge >= 0.3 is 12.2 Å². The Balaban J connectivity index is 1.99. The molecule has 4 rings (SSSR count).